The normalized spacial score (nSPS) is 18.4. The van der Waals surface area contributed by atoms with Crippen molar-refractivity contribution in [2.45, 2.75) is 6.10 Å². The summed E-state index contributed by atoms with van der Waals surface area (Å²) in [6.07, 6.45) is 2.85. The van der Waals surface area contributed by atoms with Gasteiger partial charge in [-0.15, -0.1) is 0 Å². The Morgan fingerprint density at radius 2 is 2.10 bits per heavy atom. The van der Waals surface area contributed by atoms with E-state index < -0.39 is 6.10 Å². The molecule has 3 rings (SSSR count). The third-order valence-electron chi connectivity index (χ3n) is 3.20. The van der Waals surface area contributed by atoms with Crippen molar-refractivity contribution >= 4 is 11.6 Å². The van der Waals surface area contributed by atoms with Crippen molar-refractivity contribution in [2.75, 3.05) is 25.1 Å². The number of nitrogens with zero attached hydrogens (tertiary/aromatic N) is 1. The molecule has 0 saturated carbocycles. The number of aromatic nitrogens is 1. The molecule has 1 fully saturated rings. The first-order valence-electron chi connectivity index (χ1n) is 6.67. The van der Waals surface area contributed by atoms with E-state index in [0.717, 1.165) is 0 Å². The summed E-state index contributed by atoms with van der Waals surface area (Å²) < 4.78 is 26.0. The largest absolute Gasteiger partial charge is 0.376 e. The molecule has 2 heterocycles. The van der Waals surface area contributed by atoms with Gasteiger partial charge in [0.15, 0.2) is 6.10 Å². The van der Waals surface area contributed by atoms with Gasteiger partial charge in [0.05, 0.1) is 25.5 Å². The molecule has 5 nitrogen and oxygen atoms in total. The van der Waals surface area contributed by atoms with Crippen LogP contribution in [0.1, 0.15) is 0 Å². The van der Waals surface area contributed by atoms with Crippen LogP contribution in [0.2, 0.25) is 0 Å². The van der Waals surface area contributed by atoms with Crippen LogP contribution in [0.3, 0.4) is 0 Å². The lowest BCUT2D eigenvalue weighted by Gasteiger charge is -2.22. The molecule has 1 amide bonds. The highest BCUT2D eigenvalue weighted by atomic mass is 19.1. The fraction of sp³-hybridized carbons (Fsp3) is 0.267. The lowest BCUT2D eigenvalue weighted by molar-refractivity contribution is -0.142. The van der Waals surface area contributed by atoms with E-state index in [1.165, 1.54) is 12.1 Å². The first kappa shape index (κ1) is 13.8. The standard InChI is InChI=1S/C15H15FN2O3/c16-12-4-3-11(9-13(12)18-5-1-2-6-18)17-15(19)14-10-20-7-8-21-14/h1-6,9,14H,7-8,10H2,(H,17,19)/t14-/m0/s1. The average Bonchev–Trinajstić information content (AvgIpc) is 3.04. The molecule has 6 heteroatoms. The molecule has 21 heavy (non-hydrogen) atoms. The van der Waals surface area contributed by atoms with Crippen molar-refractivity contribution in [2.24, 2.45) is 0 Å². The summed E-state index contributed by atoms with van der Waals surface area (Å²) in [5, 5.41) is 2.72. The van der Waals surface area contributed by atoms with Crippen LogP contribution in [0, 0.1) is 5.82 Å². The number of hydrogen-bond acceptors (Lipinski definition) is 3. The first-order valence-corrected chi connectivity index (χ1v) is 6.67. The number of hydrogen-bond donors (Lipinski definition) is 1. The fourth-order valence-corrected chi connectivity index (χ4v) is 2.15. The van der Waals surface area contributed by atoms with Crippen LogP contribution in [0.4, 0.5) is 10.1 Å². The Morgan fingerprint density at radius 3 is 2.81 bits per heavy atom. The Morgan fingerprint density at radius 1 is 1.29 bits per heavy atom. The van der Waals surface area contributed by atoms with E-state index in [1.807, 2.05) is 0 Å². The number of halogens is 1. The van der Waals surface area contributed by atoms with Gasteiger partial charge in [0.25, 0.3) is 5.91 Å². The van der Waals surface area contributed by atoms with Crippen molar-refractivity contribution in [3.05, 3.63) is 48.5 Å². The molecule has 110 valence electrons. The van der Waals surface area contributed by atoms with Crippen LogP contribution in [0.15, 0.2) is 42.7 Å². The van der Waals surface area contributed by atoms with E-state index in [2.05, 4.69) is 5.32 Å². The van der Waals surface area contributed by atoms with Crippen LogP contribution in [0.25, 0.3) is 5.69 Å². The van der Waals surface area contributed by atoms with Gasteiger partial charge in [0.2, 0.25) is 0 Å². The summed E-state index contributed by atoms with van der Waals surface area (Å²) >= 11 is 0. The molecular formula is C15H15FN2O3. The number of carbonyl (C=O) groups excluding carboxylic acids is 1. The summed E-state index contributed by atoms with van der Waals surface area (Å²) in [4.78, 5) is 12.0. The van der Waals surface area contributed by atoms with Gasteiger partial charge in [0, 0.05) is 18.1 Å². The maximum absolute atomic E-state index is 13.8. The second-order valence-corrected chi connectivity index (χ2v) is 4.68. The molecule has 1 aromatic carbocycles. The molecule has 1 saturated heterocycles. The monoisotopic (exact) mass is 290 g/mol. The lowest BCUT2D eigenvalue weighted by atomic mass is 10.2. The minimum Gasteiger partial charge on any atom is -0.376 e. The Balaban J connectivity index is 1.77. The number of rotatable bonds is 3. The van der Waals surface area contributed by atoms with Crippen LogP contribution < -0.4 is 5.32 Å². The zero-order valence-electron chi connectivity index (χ0n) is 11.3. The predicted octanol–water partition coefficient (Wildman–Crippen LogP) is 1.97. The smallest absolute Gasteiger partial charge is 0.255 e. The van der Waals surface area contributed by atoms with E-state index in [-0.39, 0.29) is 18.3 Å². The Bertz CT molecular complexity index is 622. The van der Waals surface area contributed by atoms with Gasteiger partial charge in [-0.05, 0) is 30.3 Å². The second-order valence-electron chi connectivity index (χ2n) is 4.68. The second kappa shape index (κ2) is 6.07. The summed E-state index contributed by atoms with van der Waals surface area (Å²) in [5.74, 6) is -0.652. The zero-order valence-corrected chi connectivity index (χ0v) is 11.3. The Labute approximate surface area is 121 Å². The summed E-state index contributed by atoms with van der Waals surface area (Å²) in [6, 6.07) is 8.03. The van der Waals surface area contributed by atoms with Gasteiger partial charge < -0.3 is 19.4 Å². The number of nitrogens with one attached hydrogen (secondary N) is 1. The van der Waals surface area contributed by atoms with Crippen LogP contribution >= 0.6 is 0 Å². The van der Waals surface area contributed by atoms with E-state index in [0.29, 0.717) is 24.6 Å². The van der Waals surface area contributed by atoms with Gasteiger partial charge in [0.1, 0.15) is 5.82 Å². The summed E-state index contributed by atoms with van der Waals surface area (Å²) in [6.45, 7) is 1.13. The molecule has 1 aliphatic rings. The van der Waals surface area contributed by atoms with Gasteiger partial charge in [-0.25, -0.2) is 4.39 Å². The van der Waals surface area contributed by atoms with Crippen LogP contribution in [-0.2, 0) is 14.3 Å². The Kier molecular flexibility index (Phi) is 3.98. The van der Waals surface area contributed by atoms with Crippen LogP contribution in [0.5, 0.6) is 0 Å². The number of anilines is 1. The average molecular weight is 290 g/mol. The summed E-state index contributed by atoms with van der Waals surface area (Å²) in [7, 11) is 0. The maximum atomic E-state index is 13.8. The van der Waals surface area contributed by atoms with Crippen molar-refractivity contribution < 1.29 is 18.7 Å². The van der Waals surface area contributed by atoms with E-state index >= 15 is 0 Å². The highest BCUT2D eigenvalue weighted by molar-refractivity contribution is 5.94. The minimum atomic E-state index is -0.626. The van der Waals surface area contributed by atoms with E-state index in [1.54, 1.807) is 35.2 Å². The molecule has 1 aromatic heterocycles. The molecule has 2 aromatic rings. The van der Waals surface area contributed by atoms with Crippen molar-refractivity contribution in [1.29, 1.82) is 0 Å². The SMILES string of the molecule is O=C(Nc1ccc(F)c(-n2cccc2)c1)[C@@H]1COCCO1. The van der Waals surface area contributed by atoms with Crippen molar-refractivity contribution in [3.8, 4) is 5.69 Å². The predicted molar refractivity (Wildman–Crippen MR) is 74.9 cm³/mol. The van der Waals surface area contributed by atoms with Crippen molar-refractivity contribution in [3.63, 3.8) is 0 Å². The van der Waals surface area contributed by atoms with Crippen LogP contribution in [-0.4, -0.2) is 36.4 Å². The molecule has 1 atom stereocenters. The molecule has 0 aliphatic carbocycles. The number of amides is 1. The summed E-state index contributed by atoms with van der Waals surface area (Å²) in [5.41, 5.74) is 0.887. The highest BCUT2D eigenvalue weighted by Crippen LogP contribution is 2.19. The third-order valence-corrected chi connectivity index (χ3v) is 3.20. The lowest BCUT2D eigenvalue weighted by Crippen LogP contribution is -2.39. The van der Waals surface area contributed by atoms with Crippen molar-refractivity contribution in [1.82, 2.24) is 4.57 Å². The molecule has 0 spiro atoms. The molecule has 0 bridgehead atoms. The molecule has 1 N–H and O–H groups in total. The van der Waals surface area contributed by atoms with Gasteiger partial charge >= 0.3 is 0 Å². The van der Waals surface area contributed by atoms with E-state index in [4.69, 9.17) is 9.47 Å². The molecule has 0 radical (unpaired) electrons. The highest BCUT2D eigenvalue weighted by Gasteiger charge is 2.22. The Hall–Kier alpha value is -2.18. The third kappa shape index (κ3) is 3.12. The quantitative estimate of drug-likeness (QED) is 0.940. The molecule has 0 unspecified atom stereocenters. The first-order chi connectivity index (χ1) is 10.2. The van der Waals surface area contributed by atoms with E-state index in [9.17, 15) is 9.18 Å². The molecule has 1 aliphatic heterocycles. The number of carbonyl (C=O) groups is 1. The number of benzene rings is 1. The fourth-order valence-electron chi connectivity index (χ4n) is 2.15. The van der Waals surface area contributed by atoms with Gasteiger partial charge in [-0.3, -0.25) is 4.79 Å². The molecular weight excluding hydrogens is 275 g/mol. The van der Waals surface area contributed by atoms with Gasteiger partial charge in [-0.2, -0.15) is 0 Å². The topological polar surface area (TPSA) is 52.5 Å². The van der Waals surface area contributed by atoms with Gasteiger partial charge in [-0.1, -0.05) is 0 Å². The minimum absolute atomic E-state index is 0.234. The maximum Gasteiger partial charge on any atom is 0.255 e. The number of ether oxygens (including phenoxy) is 2. The zero-order chi connectivity index (χ0) is 14.7.